The second-order valence-electron chi connectivity index (χ2n) is 7.35. The summed E-state index contributed by atoms with van der Waals surface area (Å²) in [6, 6.07) is 0. The average molecular weight is 449 g/mol. The zero-order valence-corrected chi connectivity index (χ0v) is 21.5. The van der Waals surface area contributed by atoms with Crippen molar-refractivity contribution in [2.24, 2.45) is 0 Å². The zero-order chi connectivity index (χ0) is 22.7. The molecule has 0 saturated carbocycles. The SMILES string of the molecule is C=C[Si](OC(CC)OCCCC)(OC(CC)OCCCC)OC(CC)OCCCC. The molecule has 0 aromatic carbocycles. The van der Waals surface area contributed by atoms with Crippen LogP contribution in [-0.4, -0.2) is 47.5 Å². The lowest BCUT2D eigenvalue weighted by Crippen LogP contribution is -2.52. The van der Waals surface area contributed by atoms with E-state index < -0.39 is 27.7 Å². The molecule has 0 N–H and O–H groups in total. The lowest BCUT2D eigenvalue weighted by Gasteiger charge is -2.35. The molecule has 0 aliphatic rings. The van der Waals surface area contributed by atoms with Crippen molar-refractivity contribution in [1.82, 2.24) is 0 Å². The van der Waals surface area contributed by atoms with Gasteiger partial charge in [-0.25, -0.2) is 0 Å². The highest BCUT2D eigenvalue weighted by Crippen LogP contribution is 2.24. The molecule has 0 aromatic heterocycles. The summed E-state index contributed by atoms with van der Waals surface area (Å²) in [6.07, 6.45) is 7.01. The largest absolute Gasteiger partial charge is 0.534 e. The van der Waals surface area contributed by atoms with Crippen LogP contribution in [0.5, 0.6) is 0 Å². The summed E-state index contributed by atoms with van der Waals surface area (Å²) in [6.45, 7) is 18.4. The Bertz CT molecular complexity index is 346. The minimum atomic E-state index is -3.31. The Kier molecular flexibility index (Phi) is 19.2. The summed E-state index contributed by atoms with van der Waals surface area (Å²) < 4.78 is 36.9. The van der Waals surface area contributed by atoms with Gasteiger partial charge in [-0.1, -0.05) is 67.4 Å². The fourth-order valence-electron chi connectivity index (χ4n) is 2.56. The summed E-state index contributed by atoms with van der Waals surface area (Å²) in [5, 5.41) is 0. The number of rotatable bonds is 22. The van der Waals surface area contributed by atoms with E-state index in [0.717, 1.165) is 38.5 Å². The van der Waals surface area contributed by atoms with Crippen molar-refractivity contribution in [2.45, 2.75) is 118 Å². The molecule has 180 valence electrons. The molecule has 0 spiro atoms. The molecule has 3 atom stereocenters. The maximum absolute atomic E-state index is 6.35. The third-order valence-electron chi connectivity index (χ3n) is 4.54. The highest BCUT2D eigenvalue weighted by molar-refractivity contribution is 6.66. The normalized spacial score (nSPS) is 16.7. The Morgan fingerprint density at radius 3 is 1.10 bits per heavy atom. The van der Waals surface area contributed by atoms with Crippen LogP contribution in [0.25, 0.3) is 0 Å². The standard InChI is InChI=1S/C23H48O6Si/c1-8-15-18-24-21(11-4)27-30(14-7,28-22(12-5)25-19-16-9-2)29-23(13-6)26-20-17-10-3/h14,21-23H,7-13,15-20H2,1-6H3. The second kappa shape index (κ2) is 19.4. The van der Waals surface area contributed by atoms with E-state index in [-0.39, 0.29) is 0 Å². The van der Waals surface area contributed by atoms with Gasteiger partial charge in [0, 0.05) is 19.8 Å². The van der Waals surface area contributed by atoms with Gasteiger partial charge in [-0.05, 0) is 44.2 Å². The Morgan fingerprint density at radius 2 is 0.900 bits per heavy atom. The second-order valence-corrected chi connectivity index (χ2v) is 9.67. The summed E-state index contributed by atoms with van der Waals surface area (Å²) in [4.78, 5) is 0. The van der Waals surface area contributed by atoms with Crippen molar-refractivity contribution >= 4 is 8.80 Å². The first-order valence-electron chi connectivity index (χ1n) is 12.1. The molecule has 3 unspecified atom stereocenters. The quantitative estimate of drug-likeness (QED) is 0.109. The molecule has 6 nitrogen and oxygen atoms in total. The molecule has 0 rings (SSSR count). The summed E-state index contributed by atoms with van der Waals surface area (Å²) >= 11 is 0. The van der Waals surface area contributed by atoms with Crippen LogP contribution >= 0.6 is 0 Å². The molecule has 7 heteroatoms. The molecule has 0 aliphatic heterocycles. The fourth-order valence-corrected chi connectivity index (χ4v) is 4.82. The van der Waals surface area contributed by atoms with Gasteiger partial charge in [-0.15, -0.1) is 0 Å². The summed E-state index contributed by atoms with van der Waals surface area (Å²) in [5.74, 6) is 0. The minimum absolute atomic E-state index is 0.414. The third-order valence-corrected chi connectivity index (χ3v) is 6.82. The average Bonchev–Trinajstić information content (AvgIpc) is 2.77. The smallest absolute Gasteiger partial charge is 0.354 e. The van der Waals surface area contributed by atoms with Crippen LogP contribution in [0.1, 0.15) is 99.3 Å². The molecule has 0 aliphatic carbocycles. The van der Waals surface area contributed by atoms with Gasteiger partial charge in [-0.3, -0.25) is 0 Å². The predicted molar refractivity (Wildman–Crippen MR) is 124 cm³/mol. The number of hydrogen-bond donors (Lipinski definition) is 0. The van der Waals surface area contributed by atoms with Gasteiger partial charge in [0.25, 0.3) is 0 Å². The van der Waals surface area contributed by atoms with Crippen LogP contribution in [0.15, 0.2) is 12.3 Å². The number of hydrogen-bond acceptors (Lipinski definition) is 6. The molecule has 30 heavy (non-hydrogen) atoms. The molecular weight excluding hydrogens is 400 g/mol. The van der Waals surface area contributed by atoms with Crippen molar-refractivity contribution < 1.29 is 27.5 Å². The van der Waals surface area contributed by atoms with Crippen LogP contribution in [0.2, 0.25) is 0 Å². The van der Waals surface area contributed by atoms with Crippen LogP contribution in [0.4, 0.5) is 0 Å². The molecule has 0 saturated heterocycles. The fraction of sp³-hybridized carbons (Fsp3) is 0.913. The van der Waals surface area contributed by atoms with Gasteiger partial charge in [0.1, 0.15) is 0 Å². The monoisotopic (exact) mass is 448 g/mol. The van der Waals surface area contributed by atoms with E-state index in [2.05, 4.69) is 27.4 Å². The molecule has 0 aromatic rings. The molecule has 0 bridgehead atoms. The van der Waals surface area contributed by atoms with Gasteiger partial charge in [0.15, 0.2) is 18.9 Å². The highest BCUT2D eigenvalue weighted by atomic mass is 28.4. The van der Waals surface area contributed by atoms with Crippen molar-refractivity contribution in [3.8, 4) is 0 Å². The van der Waals surface area contributed by atoms with Gasteiger partial charge in [0.2, 0.25) is 0 Å². The maximum atomic E-state index is 6.35. The molecule has 0 heterocycles. The maximum Gasteiger partial charge on any atom is 0.534 e. The van der Waals surface area contributed by atoms with Crippen LogP contribution in [0.3, 0.4) is 0 Å². The summed E-state index contributed by atoms with van der Waals surface area (Å²) in [7, 11) is -3.31. The lowest BCUT2D eigenvalue weighted by molar-refractivity contribution is -0.187. The van der Waals surface area contributed by atoms with Gasteiger partial charge < -0.3 is 27.5 Å². The van der Waals surface area contributed by atoms with Gasteiger partial charge in [-0.2, -0.15) is 0 Å². The van der Waals surface area contributed by atoms with Crippen molar-refractivity contribution in [2.75, 3.05) is 19.8 Å². The molecule has 0 fully saturated rings. The topological polar surface area (TPSA) is 55.4 Å². The summed E-state index contributed by atoms with van der Waals surface area (Å²) in [5.41, 5.74) is 1.68. The Labute approximate surface area is 187 Å². The predicted octanol–water partition coefficient (Wildman–Crippen LogP) is 6.36. The molecular formula is C23H48O6Si. The third kappa shape index (κ3) is 13.2. The van der Waals surface area contributed by atoms with Gasteiger partial charge in [0.05, 0.1) is 0 Å². The van der Waals surface area contributed by atoms with E-state index in [0.29, 0.717) is 39.1 Å². The Morgan fingerprint density at radius 1 is 0.600 bits per heavy atom. The van der Waals surface area contributed by atoms with E-state index in [1.807, 2.05) is 20.8 Å². The first kappa shape index (κ1) is 29.7. The van der Waals surface area contributed by atoms with E-state index >= 15 is 0 Å². The van der Waals surface area contributed by atoms with E-state index in [4.69, 9.17) is 27.5 Å². The van der Waals surface area contributed by atoms with Gasteiger partial charge >= 0.3 is 8.80 Å². The van der Waals surface area contributed by atoms with E-state index in [9.17, 15) is 0 Å². The van der Waals surface area contributed by atoms with Crippen LogP contribution in [0, 0.1) is 0 Å². The number of unbranched alkanes of at least 4 members (excludes halogenated alkanes) is 3. The van der Waals surface area contributed by atoms with E-state index in [1.165, 1.54) is 0 Å². The zero-order valence-electron chi connectivity index (χ0n) is 20.5. The van der Waals surface area contributed by atoms with Crippen molar-refractivity contribution in [1.29, 1.82) is 0 Å². The van der Waals surface area contributed by atoms with Crippen molar-refractivity contribution in [3.63, 3.8) is 0 Å². The van der Waals surface area contributed by atoms with E-state index in [1.54, 1.807) is 5.70 Å². The molecule has 0 radical (unpaired) electrons. The minimum Gasteiger partial charge on any atom is -0.354 e. The van der Waals surface area contributed by atoms with Crippen LogP contribution in [-0.2, 0) is 27.5 Å². The first-order chi connectivity index (χ1) is 14.5. The van der Waals surface area contributed by atoms with Crippen LogP contribution < -0.4 is 0 Å². The lowest BCUT2D eigenvalue weighted by atomic mass is 10.4. The molecule has 0 amide bonds. The first-order valence-corrected chi connectivity index (χ1v) is 13.9. The highest BCUT2D eigenvalue weighted by Gasteiger charge is 2.45. The van der Waals surface area contributed by atoms with Crippen molar-refractivity contribution in [3.05, 3.63) is 12.3 Å². The number of ether oxygens (including phenoxy) is 3. The Hall–Kier alpha value is -0.283. The Balaban J connectivity index is 5.38.